The van der Waals surface area contributed by atoms with Gasteiger partial charge in [-0.15, -0.1) is 6.54 Å². The van der Waals surface area contributed by atoms with Gasteiger partial charge in [0.05, 0.1) is 32.4 Å². The number of rotatable bonds is 24. The Labute approximate surface area is 338 Å². The SMILES string of the molecule is CC1(N(CC(=O)O)CC(=O)O)CN(C[CH-]OO)CCN(C(CCCCNCC(O)C(O)C(OC2OC(CO)C(O)C(O)C2O)C(O)CO)C(=O)O)C1.[Gd]. The maximum atomic E-state index is 12.5. The van der Waals surface area contributed by atoms with E-state index in [1.54, 1.807) is 16.7 Å². The predicted octanol–water partition coefficient (Wildman–Crippen LogP) is -6.04. The van der Waals surface area contributed by atoms with Crippen LogP contribution in [0.15, 0.2) is 0 Å². The van der Waals surface area contributed by atoms with Gasteiger partial charge in [-0.2, -0.15) is 6.61 Å². The topological polar surface area (TPSA) is 343 Å². The van der Waals surface area contributed by atoms with Gasteiger partial charge >= 0.3 is 17.9 Å². The van der Waals surface area contributed by atoms with Gasteiger partial charge in [0.15, 0.2) is 6.29 Å². The van der Waals surface area contributed by atoms with Gasteiger partial charge in [-0.05, 0) is 26.3 Å². The van der Waals surface area contributed by atoms with Gasteiger partial charge in [0.25, 0.3) is 0 Å². The molecule has 0 bridgehead atoms. The second-order valence-electron chi connectivity index (χ2n) is 13.3. The van der Waals surface area contributed by atoms with Crippen molar-refractivity contribution in [1.82, 2.24) is 20.0 Å². The molecule has 53 heavy (non-hydrogen) atoms. The quantitative estimate of drug-likeness (QED) is 0.0185. The number of carbonyl (C=O) groups is 3. The molecule has 0 spiro atoms. The second-order valence-corrected chi connectivity index (χ2v) is 13.3. The van der Waals surface area contributed by atoms with Gasteiger partial charge in [0, 0.05) is 78.2 Å². The normalized spacial score (nSPS) is 28.7. The molecule has 2 saturated heterocycles. The minimum atomic E-state index is -1.88. The van der Waals surface area contributed by atoms with E-state index in [2.05, 4.69) is 10.2 Å². The number of carboxylic acid groups (broad SMARTS) is 3. The molecule has 0 aromatic carbocycles. The third kappa shape index (κ3) is 15.5. The van der Waals surface area contributed by atoms with Crippen LogP contribution in [0.25, 0.3) is 0 Å². The summed E-state index contributed by atoms with van der Waals surface area (Å²) in [6, 6.07) is -1.04. The maximum Gasteiger partial charge on any atom is 0.320 e. The monoisotopic (exact) mass is 917 g/mol. The fourth-order valence-electron chi connectivity index (χ4n) is 6.40. The van der Waals surface area contributed by atoms with Gasteiger partial charge in [-0.1, -0.05) is 6.42 Å². The molecular formula is C30H55GdN4O18-. The summed E-state index contributed by atoms with van der Waals surface area (Å²) in [5.41, 5.74) is -1.14. The zero-order valence-electron chi connectivity index (χ0n) is 29.3. The fourth-order valence-corrected chi connectivity index (χ4v) is 6.40. The van der Waals surface area contributed by atoms with Crippen molar-refractivity contribution in [3.63, 3.8) is 0 Å². The number of aliphatic carboxylic acids is 3. The van der Waals surface area contributed by atoms with E-state index >= 15 is 0 Å². The minimum absolute atomic E-state index is 0. The Morgan fingerprint density at radius 3 is 2.15 bits per heavy atom. The number of aliphatic hydroxyl groups is 8. The molecule has 0 aromatic rings. The van der Waals surface area contributed by atoms with Crippen molar-refractivity contribution in [2.24, 2.45) is 0 Å². The third-order valence-corrected chi connectivity index (χ3v) is 9.23. The van der Waals surface area contributed by atoms with Crippen molar-refractivity contribution < 1.29 is 130 Å². The number of hydrogen-bond acceptors (Lipinski definition) is 19. The summed E-state index contributed by atoms with van der Waals surface area (Å²) >= 11 is 0. The van der Waals surface area contributed by atoms with Crippen molar-refractivity contribution in [1.29, 1.82) is 0 Å². The molecule has 2 fully saturated rings. The molecule has 22 nitrogen and oxygen atoms in total. The number of nitrogens with one attached hydrogen (secondary N) is 1. The Balaban J connectivity index is 0.0000140. The van der Waals surface area contributed by atoms with Crippen molar-refractivity contribution in [2.75, 3.05) is 72.1 Å². The average molecular weight is 917 g/mol. The first-order chi connectivity index (χ1) is 24.5. The van der Waals surface area contributed by atoms with Crippen LogP contribution in [0.2, 0.25) is 0 Å². The van der Waals surface area contributed by atoms with Crippen LogP contribution >= 0.6 is 0 Å². The number of nitrogens with zero attached hydrogens (tertiary/aromatic N) is 3. The second kappa shape index (κ2) is 24.7. The van der Waals surface area contributed by atoms with E-state index < -0.39 is 111 Å². The Morgan fingerprint density at radius 1 is 0.962 bits per heavy atom. The van der Waals surface area contributed by atoms with Crippen molar-refractivity contribution in [3.05, 3.63) is 6.61 Å². The Kier molecular flexibility index (Phi) is 23.3. The van der Waals surface area contributed by atoms with E-state index in [4.69, 9.17) is 14.7 Å². The first-order valence-corrected chi connectivity index (χ1v) is 16.8. The number of hydrogen-bond donors (Lipinski definition) is 13. The summed E-state index contributed by atoms with van der Waals surface area (Å²) in [4.78, 5) is 44.5. The third-order valence-electron chi connectivity index (χ3n) is 9.23. The molecule has 2 rings (SSSR count). The molecule has 312 valence electrons. The average Bonchev–Trinajstić information content (AvgIpc) is 3.26. The first-order valence-electron chi connectivity index (χ1n) is 16.8. The number of unbranched alkanes of at least 4 members (excludes halogenated alkanes) is 1. The Bertz CT molecular complexity index is 1090. The van der Waals surface area contributed by atoms with Crippen LogP contribution in [0.5, 0.6) is 0 Å². The number of carboxylic acids is 3. The summed E-state index contributed by atoms with van der Waals surface area (Å²) < 4.78 is 10.6. The fraction of sp³-hybridized carbons (Fsp3) is 0.867. The zero-order valence-corrected chi connectivity index (χ0v) is 31.5. The van der Waals surface area contributed by atoms with Crippen LogP contribution < -0.4 is 5.32 Å². The summed E-state index contributed by atoms with van der Waals surface area (Å²) in [7, 11) is 0. The Morgan fingerprint density at radius 2 is 1.60 bits per heavy atom. The molecular weight excluding hydrogens is 862 g/mol. The molecule has 0 aromatic heterocycles. The van der Waals surface area contributed by atoms with Crippen LogP contribution in [-0.4, -0.2) is 233 Å². The standard InChI is InChI=1S/C30H55N4O18.Gd/c1-30(34(11-21(39)40)12-22(41)42)15-32(8-9-50-49)6-7-33(16-30)17(28(47)48)4-2-3-5-31-10-18(37)23(43)27(19(38)13-35)52-29-26(46)25(45)24(44)20(14-36)51-29;/h9,17-20,23-27,29,31,35-38,43-46,49H,2-8,10-16H2,1H3,(H,39,40)(H,41,42)(H,47,48);/q-1;. The number of ether oxygens (including phenoxy) is 2. The van der Waals surface area contributed by atoms with Crippen molar-refractivity contribution in [3.8, 4) is 0 Å². The molecule has 11 atom stereocenters. The largest absolute Gasteiger partial charge is 0.480 e. The van der Waals surface area contributed by atoms with Crippen LogP contribution in [-0.2, 0) is 28.7 Å². The van der Waals surface area contributed by atoms with Crippen LogP contribution in [0.3, 0.4) is 0 Å². The molecule has 0 radical (unpaired) electrons. The van der Waals surface area contributed by atoms with Crippen LogP contribution in [0.4, 0.5) is 0 Å². The molecule has 13 N–H and O–H groups in total. The van der Waals surface area contributed by atoms with Gasteiger partial charge in [0.2, 0.25) is 0 Å². The first kappa shape index (κ1) is 50.1. The van der Waals surface area contributed by atoms with Crippen LogP contribution in [0.1, 0.15) is 26.2 Å². The van der Waals surface area contributed by atoms with Gasteiger partial charge in [0.1, 0.15) is 48.8 Å². The maximum absolute atomic E-state index is 12.5. The summed E-state index contributed by atoms with van der Waals surface area (Å²) in [6.45, 7) is 0.501. The van der Waals surface area contributed by atoms with E-state index in [9.17, 15) is 70.6 Å². The summed E-state index contributed by atoms with van der Waals surface area (Å²) in [6.07, 6.45) is -14.7. The van der Waals surface area contributed by atoms with Gasteiger partial charge in [-0.3, -0.25) is 29.4 Å². The van der Waals surface area contributed by atoms with Crippen molar-refractivity contribution in [2.45, 2.75) is 92.9 Å². The van der Waals surface area contributed by atoms with E-state index in [0.717, 1.165) is 6.61 Å². The minimum Gasteiger partial charge on any atom is -0.480 e. The molecule has 0 amide bonds. The molecule has 23 heteroatoms. The van der Waals surface area contributed by atoms with E-state index in [-0.39, 0.29) is 85.6 Å². The van der Waals surface area contributed by atoms with Crippen molar-refractivity contribution >= 4 is 17.9 Å². The Hall–Kier alpha value is -0.905. The number of aliphatic hydroxyl groups excluding tert-OH is 8. The van der Waals surface area contributed by atoms with E-state index in [0.29, 0.717) is 19.4 Å². The molecule has 2 aliphatic heterocycles. The van der Waals surface area contributed by atoms with Crippen LogP contribution in [0, 0.1) is 46.5 Å². The molecule has 11 unspecified atom stereocenters. The smallest absolute Gasteiger partial charge is 0.320 e. The van der Waals surface area contributed by atoms with Gasteiger partial charge in [-0.25, -0.2) is 0 Å². The molecule has 2 aliphatic rings. The van der Waals surface area contributed by atoms with E-state index in [1.165, 1.54) is 4.90 Å². The zero-order chi connectivity index (χ0) is 39.2. The molecule has 0 saturated carbocycles. The molecule has 0 aliphatic carbocycles. The van der Waals surface area contributed by atoms with Gasteiger partial charge < -0.3 is 80.7 Å². The predicted molar refractivity (Wildman–Crippen MR) is 173 cm³/mol. The summed E-state index contributed by atoms with van der Waals surface area (Å²) in [5.74, 6) is -3.68. The molecule has 2 heterocycles. The van der Waals surface area contributed by atoms with E-state index in [1.807, 2.05) is 0 Å². The summed E-state index contributed by atoms with van der Waals surface area (Å²) in [5, 5.41) is 122.